The lowest BCUT2D eigenvalue weighted by Gasteiger charge is -2.05. The third-order valence-corrected chi connectivity index (χ3v) is 2.82. The lowest BCUT2D eigenvalue weighted by molar-refractivity contribution is -0.115. The molecule has 0 aliphatic heterocycles. The van der Waals surface area contributed by atoms with Crippen LogP contribution in [0.3, 0.4) is 0 Å². The van der Waals surface area contributed by atoms with E-state index in [9.17, 15) is 13.6 Å². The maximum Gasteiger partial charge on any atom is 0.265 e. The molecule has 0 spiro atoms. The van der Waals surface area contributed by atoms with Crippen molar-refractivity contribution in [2.24, 2.45) is 0 Å². The topological polar surface area (TPSA) is 17.1 Å². The van der Waals surface area contributed by atoms with Crippen LogP contribution in [0.2, 0.25) is 5.02 Å². The van der Waals surface area contributed by atoms with Crippen LogP contribution in [0.25, 0.3) is 0 Å². The van der Waals surface area contributed by atoms with E-state index in [1.165, 1.54) is 12.1 Å². The molecule has 82 valence electrons. The van der Waals surface area contributed by atoms with Crippen molar-refractivity contribution >= 4 is 33.3 Å². The number of alkyl halides is 3. The molecule has 0 amide bonds. The minimum atomic E-state index is -2.61. The molecule has 0 N–H and O–H groups in total. The molecule has 0 radical (unpaired) electrons. The van der Waals surface area contributed by atoms with Gasteiger partial charge in [-0.2, -0.15) is 0 Å². The SMILES string of the molecule is O=C(CBr)Cc1ccc(Cl)c(C(F)F)c1. The van der Waals surface area contributed by atoms with Gasteiger partial charge in [0.05, 0.1) is 5.33 Å². The van der Waals surface area contributed by atoms with E-state index < -0.39 is 6.43 Å². The summed E-state index contributed by atoms with van der Waals surface area (Å²) in [4.78, 5) is 11.1. The molecular formula is C10H8BrClF2O. The molecule has 0 atom stereocenters. The van der Waals surface area contributed by atoms with Crippen LogP contribution >= 0.6 is 27.5 Å². The summed E-state index contributed by atoms with van der Waals surface area (Å²) in [6.07, 6.45) is -2.47. The highest BCUT2D eigenvalue weighted by Crippen LogP contribution is 2.27. The maximum atomic E-state index is 12.4. The van der Waals surface area contributed by atoms with Gasteiger partial charge in [0, 0.05) is 17.0 Å². The Bertz CT molecular complexity index is 368. The number of carbonyl (C=O) groups is 1. The summed E-state index contributed by atoms with van der Waals surface area (Å²) in [5, 5.41) is 0.250. The molecular weight excluding hydrogens is 289 g/mol. The molecule has 0 aromatic heterocycles. The predicted molar refractivity (Wildman–Crippen MR) is 58.9 cm³/mol. The highest BCUT2D eigenvalue weighted by molar-refractivity contribution is 9.09. The molecule has 0 aliphatic carbocycles. The first-order valence-electron chi connectivity index (χ1n) is 4.18. The lowest BCUT2D eigenvalue weighted by Crippen LogP contribution is -2.04. The number of hydrogen-bond donors (Lipinski definition) is 0. The van der Waals surface area contributed by atoms with E-state index in [0.29, 0.717) is 5.56 Å². The van der Waals surface area contributed by atoms with Gasteiger partial charge in [-0.3, -0.25) is 4.79 Å². The van der Waals surface area contributed by atoms with Crippen LogP contribution in [-0.4, -0.2) is 11.1 Å². The van der Waals surface area contributed by atoms with Crippen molar-refractivity contribution < 1.29 is 13.6 Å². The number of ketones is 1. The van der Waals surface area contributed by atoms with Crippen molar-refractivity contribution in [3.63, 3.8) is 0 Å². The molecule has 0 saturated carbocycles. The van der Waals surface area contributed by atoms with E-state index in [1.54, 1.807) is 6.07 Å². The van der Waals surface area contributed by atoms with Crippen LogP contribution in [0.15, 0.2) is 18.2 Å². The first-order valence-corrected chi connectivity index (χ1v) is 5.68. The molecule has 1 aromatic carbocycles. The normalized spacial score (nSPS) is 10.7. The minimum Gasteiger partial charge on any atom is -0.298 e. The van der Waals surface area contributed by atoms with Gasteiger partial charge >= 0.3 is 0 Å². The van der Waals surface area contributed by atoms with Crippen LogP contribution in [0.4, 0.5) is 8.78 Å². The molecule has 1 aromatic rings. The van der Waals surface area contributed by atoms with Gasteiger partial charge < -0.3 is 0 Å². The molecule has 1 rings (SSSR count). The van der Waals surface area contributed by atoms with Gasteiger partial charge in [0.15, 0.2) is 0 Å². The highest BCUT2D eigenvalue weighted by atomic mass is 79.9. The Kier molecular flexibility index (Phi) is 4.67. The standard InChI is InChI=1S/C10H8BrClF2O/c11-5-7(15)3-6-1-2-9(12)8(4-6)10(13)14/h1-2,4,10H,3,5H2. The zero-order chi connectivity index (χ0) is 11.4. The molecule has 1 nitrogen and oxygen atoms in total. The molecule has 0 aliphatic rings. The second-order valence-corrected chi connectivity index (χ2v) is 3.97. The summed E-state index contributed by atoms with van der Waals surface area (Å²) in [5.41, 5.74) is 0.329. The van der Waals surface area contributed by atoms with Crippen LogP contribution in [-0.2, 0) is 11.2 Å². The molecule has 0 heterocycles. The van der Waals surface area contributed by atoms with Gasteiger partial charge in [0.1, 0.15) is 5.78 Å². The summed E-state index contributed by atoms with van der Waals surface area (Å²) < 4.78 is 24.9. The molecule has 0 fully saturated rings. The Morgan fingerprint density at radius 2 is 2.13 bits per heavy atom. The van der Waals surface area contributed by atoms with Crippen LogP contribution in [0.5, 0.6) is 0 Å². The van der Waals surface area contributed by atoms with Crippen molar-refractivity contribution in [3.05, 3.63) is 34.3 Å². The number of benzene rings is 1. The third-order valence-electron chi connectivity index (χ3n) is 1.85. The second kappa shape index (κ2) is 5.56. The second-order valence-electron chi connectivity index (χ2n) is 3.01. The Morgan fingerprint density at radius 1 is 1.47 bits per heavy atom. The average molecular weight is 298 g/mol. The van der Waals surface area contributed by atoms with E-state index in [2.05, 4.69) is 15.9 Å². The molecule has 5 heteroatoms. The van der Waals surface area contributed by atoms with Gasteiger partial charge in [-0.25, -0.2) is 8.78 Å². The first kappa shape index (κ1) is 12.6. The van der Waals surface area contributed by atoms with E-state index in [0.717, 1.165) is 0 Å². The minimum absolute atomic E-state index is 0.0278. The quantitative estimate of drug-likeness (QED) is 0.773. The number of rotatable bonds is 4. The Balaban J connectivity index is 2.92. The van der Waals surface area contributed by atoms with Gasteiger partial charge in [0.25, 0.3) is 6.43 Å². The molecule has 0 bridgehead atoms. The number of hydrogen-bond acceptors (Lipinski definition) is 1. The largest absolute Gasteiger partial charge is 0.298 e. The van der Waals surface area contributed by atoms with Crippen molar-refractivity contribution in [1.29, 1.82) is 0 Å². The third kappa shape index (κ3) is 3.54. The van der Waals surface area contributed by atoms with E-state index in [4.69, 9.17) is 11.6 Å². The van der Waals surface area contributed by atoms with E-state index >= 15 is 0 Å². The zero-order valence-electron chi connectivity index (χ0n) is 7.64. The Hall–Kier alpha value is -0.480. The lowest BCUT2D eigenvalue weighted by atomic mass is 10.1. The van der Waals surface area contributed by atoms with Gasteiger partial charge in [-0.15, -0.1) is 0 Å². The predicted octanol–water partition coefficient (Wildman–Crippen LogP) is 3.78. The maximum absolute atomic E-state index is 12.4. The summed E-state index contributed by atoms with van der Waals surface area (Å²) in [6, 6.07) is 4.24. The van der Waals surface area contributed by atoms with Gasteiger partial charge in [0.2, 0.25) is 0 Å². The highest BCUT2D eigenvalue weighted by Gasteiger charge is 2.13. The zero-order valence-corrected chi connectivity index (χ0v) is 9.99. The van der Waals surface area contributed by atoms with Gasteiger partial charge in [-0.1, -0.05) is 33.6 Å². The first-order chi connectivity index (χ1) is 7.04. The van der Waals surface area contributed by atoms with Crippen molar-refractivity contribution in [1.82, 2.24) is 0 Å². The van der Waals surface area contributed by atoms with Gasteiger partial charge in [-0.05, 0) is 17.7 Å². The average Bonchev–Trinajstić information content (AvgIpc) is 2.20. The summed E-state index contributed by atoms with van der Waals surface area (Å²) in [7, 11) is 0. The fourth-order valence-electron chi connectivity index (χ4n) is 1.15. The van der Waals surface area contributed by atoms with E-state index in [1.807, 2.05) is 0 Å². The number of carbonyl (C=O) groups excluding carboxylic acids is 1. The Labute approximate surface area is 99.6 Å². The van der Waals surface area contributed by atoms with Crippen LogP contribution < -0.4 is 0 Å². The number of halogens is 4. The van der Waals surface area contributed by atoms with Crippen molar-refractivity contribution in [2.75, 3.05) is 5.33 Å². The fraction of sp³-hybridized carbons (Fsp3) is 0.300. The molecule has 0 unspecified atom stereocenters. The van der Waals surface area contributed by atoms with Crippen LogP contribution in [0.1, 0.15) is 17.6 Å². The smallest absolute Gasteiger partial charge is 0.265 e. The summed E-state index contributed by atoms with van der Waals surface area (Å²) in [6.45, 7) is 0. The van der Waals surface area contributed by atoms with Crippen molar-refractivity contribution in [2.45, 2.75) is 12.8 Å². The monoisotopic (exact) mass is 296 g/mol. The summed E-state index contributed by atoms with van der Waals surface area (Å²) in [5.74, 6) is -0.0578. The fourth-order valence-corrected chi connectivity index (χ4v) is 1.54. The van der Waals surface area contributed by atoms with E-state index in [-0.39, 0.29) is 28.1 Å². The molecule has 15 heavy (non-hydrogen) atoms. The Morgan fingerprint density at radius 3 is 2.67 bits per heavy atom. The summed E-state index contributed by atoms with van der Waals surface area (Å²) >= 11 is 8.60. The van der Waals surface area contributed by atoms with Crippen LogP contribution in [0, 0.1) is 0 Å². The molecule has 0 saturated heterocycles. The number of Topliss-reactive ketones (excluding diaryl/α,β-unsaturated/α-hetero) is 1. The van der Waals surface area contributed by atoms with Crippen molar-refractivity contribution in [3.8, 4) is 0 Å².